The maximum Gasteiger partial charge on any atom is 0.181 e. The van der Waals surface area contributed by atoms with Gasteiger partial charge in [0.15, 0.2) is 6.19 Å². The van der Waals surface area contributed by atoms with Crippen molar-refractivity contribution in [2.45, 2.75) is 12.8 Å². The Morgan fingerprint density at radius 2 is 1.44 bits per heavy atom. The van der Waals surface area contributed by atoms with E-state index in [4.69, 9.17) is 5.26 Å². The van der Waals surface area contributed by atoms with Crippen molar-refractivity contribution in [2.75, 3.05) is 5.32 Å². The lowest BCUT2D eigenvalue weighted by Crippen LogP contribution is -1.93. The van der Waals surface area contributed by atoms with Gasteiger partial charge in [0.2, 0.25) is 0 Å². The molecular formula is C23H18N2. The third-order valence-corrected chi connectivity index (χ3v) is 4.68. The van der Waals surface area contributed by atoms with Gasteiger partial charge in [-0.25, -0.2) is 0 Å². The van der Waals surface area contributed by atoms with Gasteiger partial charge in [-0.2, -0.15) is 5.26 Å². The van der Waals surface area contributed by atoms with Crippen LogP contribution in [0.3, 0.4) is 0 Å². The quantitative estimate of drug-likeness (QED) is 0.515. The van der Waals surface area contributed by atoms with Crippen LogP contribution in [0.15, 0.2) is 72.8 Å². The number of nitrogens with zero attached hydrogens (tertiary/aromatic N) is 1. The van der Waals surface area contributed by atoms with Crippen LogP contribution in [-0.4, -0.2) is 0 Å². The lowest BCUT2D eigenvalue weighted by Gasteiger charge is -2.12. The molecule has 2 nitrogen and oxygen atoms in total. The predicted octanol–water partition coefficient (Wildman–Crippen LogP) is 5.27. The zero-order valence-corrected chi connectivity index (χ0v) is 13.9. The molecule has 25 heavy (non-hydrogen) atoms. The largest absolute Gasteiger partial charge is 0.293 e. The SMILES string of the molecule is N#CNc1cccc(C=C2c3ccccc3CCc3ccccc32)c1. The van der Waals surface area contributed by atoms with Gasteiger partial charge in [-0.15, -0.1) is 0 Å². The normalized spacial score (nSPS) is 12.4. The van der Waals surface area contributed by atoms with Crippen molar-refractivity contribution in [1.82, 2.24) is 0 Å². The van der Waals surface area contributed by atoms with Crippen molar-refractivity contribution >= 4 is 17.3 Å². The zero-order chi connectivity index (χ0) is 17.1. The Kier molecular flexibility index (Phi) is 4.06. The molecular weight excluding hydrogens is 304 g/mol. The fourth-order valence-electron chi connectivity index (χ4n) is 3.51. The van der Waals surface area contributed by atoms with E-state index in [2.05, 4.69) is 66.0 Å². The Balaban J connectivity index is 1.91. The summed E-state index contributed by atoms with van der Waals surface area (Å²) in [6.07, 6.45) is 6.33. The number of fused-ring (bicyclic) bond motifs is 2. The second-order valence-electron chi connectivity index (χ2n) is 6.23. The van der Waals surface area contributed by atoms with Crippen LogP contribution < -0.4 is 5.32 Å². The van der Waals surface area contributed by atoms with Crippen LogP contribution in [0.2, 0.25) is 0 Å². The molecule has 0 saturated carbocycles. The minimum absolute atomic E-state index is 0.812. The van der Waals surface area contributed by atoms with Gasteiger partial charge in [-0.3, -0.25) is 5.32 Å². The first-order valence-corrected chi connectivity index (χ1v) is 8.48. The fourth-order valence-corrected chi connectivity index (χ4v) is 3.51. The third kappa shape index (κ3) is 3.05. The van der Waals surface area contributed by atoms with Crippen LogP contribution >= 0.6 is 0 Å². The van der Waals surface area contributed by atoms with Gasteiger partial charge in [-0.1, -0.05) is 60.7 Å². The first-order chi connectivity index (χ1) is 12.3. The number of benzene rings is 3. The number of nitrogens with one attached hydrogen (secondary N) is 1. The van der Waals surface area contributed by atoms with E-state index < -0.39 is 0 Å². The smallest absolute Gasteiger partial charge is 0.181 e. The van der Waals surface area contributed by atoms with E-state index in [1.54, 1.807) is 0 Å². The molecule has 0 bridgehead atoms. The summed E-state index contributed by atoms with van der Waals surface area (Å²) in [7, 11) is 0. The molecule has 1 aliphatic rings. The summed E-state index contributed by atoms with van der Waals surface area (Å²) < 4.78 is 0. The highest BCUT2D eigenvalue weighted by Gasteiger charge is 2.17. The Hall–Kier alpha value is -3.31. The zero-order valence-electron chi connectivity index (χ0n) is 13.9. The molecule has 1 aliphatic carbocycles. The maximum absolute atomic E-state index is 8.85. The lowest BCUT2D eigenvalue weighted by molar-refractivity contribution is 0.965. The van der Waals surface area contributed by atoms with E-state index in [-0.39, 0.29) is 0 Å². The second-order valence-corrected chi connectivity index (χ2v) is 6.23. The van der Waals surface area contributed by atoms with Crippen LogP contribution in [-0.2, 0) is 12.8 Å². The summed E-state index contributed by atoms with van der Waals surface area (Å²) in [5, 5.41) is 11.6. The Bertz CT molecular complexity index is 943. The van der Waals surface area contributed by atoms with Crippen molar-refractivity contribution in [3.05, 3.63) is 101 Å². The monoisotopic (exact) mass is 322 g/mol. The van der Waals surface area contributed by atoms with E-state index in [0.717, 1.165) is 24.1 Å². The molecule has 0 saturated heterocycles. The predicted molar refractivity (Wildman–Crippen MR) is 103 cm³/mol. The summed E-state index contributed by atoms with van der Waals surface area (Å²) in [4.78, 5) is 0. The summed E-state index contributed by atoms with van der Waals surface area (Å²) in [5.41, 5.74) is 8.51. The molecule has 0 heterocycles. The molecule has 0 amide bonds. The summed E-state index contributed by atoms with van der Waals surface area (Å²) >= 11 is 0. The molecule has 3 aromatic rings. The van der Waals surface area contributed by atoms with Crippen LogP contribution in [0, 0.1) is 11.5 Å². The molecule has 2 heteroatoms. The van der Waals surface area contributed by atoms with Gasteiger partial charge < -0.3 is 0 Å². The van der Waals surface area contributed by atoms with Crippen molar-refractivity contribution in [2.24, 2.45) is 0 Å². The Morgan fingerprint density at radius 3 is 2.08 bits per heavy atom. The van der Waals surface area contributed by atoms with E-state index in [1.807, 2.05) is 24.4 Å². The van der Waals surface area contributed by atoms with E-state index >= 15 is 0 Å². The molecule has 0 spiro atoms. The lowest BCUT2D eigenvalue weighted by atomic mass is 9.92. The third-order valence-electron chi connectivity index (χ3n) is 4.68. The van der Waals surface area contributed by atoms with Crippen LogP contribution in [0.5, 0.6) is 0 Å². The van der Waals surface area contributed by atoms with E-state index in [9.17, 15) is 0 Å². The number of anilines is 1. The number of nitriles is 1. The first-order valence-electron chi connectivity index (χ1n) is 8.48. The highest BCUT2D eigenvalue weighted by atomic mass is 14.9. The molecule has 1 N–H and O–H groups in total. The minimum Gasteiger partial charge on any atom is -0.293 e. The van der Waals surface area contributed by atoms with E-state index in [0.29, 0.717) is 0 Å². The number of hydrogen-bond donors (Lipinski definition) is 1. The number of aryl methyl sites for hydroxylation is 2. The van der Waals surface area contributed by atoms with Crippen molar-refractivity contribution < 1.29 is 0 Å². The molecule has 0 aromatic heterocycles. The average molecular weight is 322 g/mol. The summed E-state index contributed by atoms with van der Waals surface area (Å²) in [6, 6.07) is 25.3. The molecule has 0 aliphatic heterocycles. The minimum atomic E-state index is 0.812. The van der Waals surface area contributed by atoms with Gasteiger partial charge >= 0.3 is 0 Å². The van der Waals surface area contributed by atoms with E-state index in [1.165, 1.54) is 27.8 Å². The van der Waals surface area contributed by atoms with Crippen LogP contribution in [0.25, 0.3) is 11.6 Å². The van der Waals surface area contributed by atoms with Crippen LogP contribution in [0.1, 0.15) is 27.8 Å². The number of hydrogen-bond acceptors (Lipinski definition) is 2. The van der Waals surface area contributed by atoms with Gasteiger partial charge in [0.05, 0.1) is 0 Å². The standard InChI is InChI=1S/C23H18N2/c24-16-25-20-9-5-6-17(14-20)15-23-21-10-3-1-7-18(21)12-13-19-8-2-4-11-22(19)23/h1-11,14-15,25H,12-13H2. The molecule has 120 valence electrons. The molecule has 4 rings (SSSR count). The van der Waals surface area contributed by atoms with Crippen molar-refractivity contribution in [3.63, 3.8) is 0 Å². The fraction of sp³-hybridized carbons (Fsp3) is 0.0870. The Labute approximate surface area is 148 Å². The molecule has 3 aromatic carbocycles. The van der Waals surface area contributed by atoms with Crippen LogP contribution in [0.4, 0.5) is 5.69 Å². The van der Waals surface area contributed by atoms with Gasteiger partial charge in [-0.05, 0) is 64.4 Å². The average Bonchev–Trinajstić information content (AvgIpc) is 2.80. The van der Waals surface area contributed by atoms with Crippen molar-refractivity contribution in [3.8, 4) is 6.19 Å². The maximum atomic E-state index is 8.85. The Morgan fingerprint density at radius 1 is 0.800 bits per heavy atom. The summed E-state index contributed by atoms with van der Waals surface area (Å²) in [6.45, 7) is 0. The van der Waals surface area contributed by atoms with Gasteiger partial charge in [0.1, 0.15) is 0 Å². The second kappa shape index (κ2) is 6.67. The highest BCUT2D eigenvalue weighted by Crippen LogP contribution is 2.35. The topological polar surface area (TPSA) is 35.8 Å². The molecule has 0 unspecified atom stereocenters. The molecule has 0 fully saturated rings. The molecule has 0 atom stereocenters. The highest BCUT2D eigenvalue weighted by molar-refractivity contribution is 5.94. The van der Waals surface area contributed by atoms with Gasteiger partial charge in [0, 0.05) is 5.69 Å². The van der Waals surface area contributed by atoms with Crippen molar-refractivity contribution in [1.29, 1.82) is 5.26 Å². The summed E-state index contributed by atoms with van der Waals surface area (Å²) in [5.74, 6) is 0. The molecule has 0 radical (unpaired) electrons. The number of rotatable bonds is 2. The van der Waals surface area contributed by atoms with Gasteiger partial charge in [0.25, 0.3) is 0 Å². The first kappa shape index (κ1) is 15.2.